The molecule has 4 aromatic carbocycles. The summed E-state index contributed by atoms with van der Waals surface area (Å²) in [6.45, 7) is 1.52. The third-order valence-corrected chi connectivity index (χ3v) is 6.70. The molecule has 0 radical (unpaired) electrons. The number of nitrogens with zero attached hydrogens (tertiary/aromatic N) is 2. The molecule has 0 saturated carbocycles. The standard InChI is InChI=1S/C25H19Cl2N3O6S.Na/c1-13-7-18(37(33,34)35)12-21(27)22(13)29-30-23-19-6-4-3-5-14(19)8-20(24(23)31)25(32)28-16-9-15(26)10-17(11-16)36-2;/h3-12,31H,1-2H3,(H,28,32)(H,33,34,35);/q;+1/p-1. The van der Waals surface area contributed by atoms with Crippen LogP contribution in [-0.2, 0) is 10.1 Å². The number of anilines is 1. The summed E-state index contributed by atoms with van der Waals surface area (Å²) in [4.78, 5) is 12.7. The van der Waals surface area contributed by atoms with Gasteiger partial charge in [0.15, 0.2) is 0 Å². The van der Waals surface area contributed by atoms with Crippen molar-refractivity contribution in [3.05, 3.63) is 81.8 Å². The van der Waals surface area contributed by atoms with E-state index in [2.05, 4.69) is 15.5 Å². The molecule has 1 amide bonds. The molecule has 0 aromatic heterocycles. The SMILES string of the molecule is COc1cc(Cl)cc(NC(=O)c2cc3ccccc3c(N=Nc3c(C)cc(S(=O)(=O)O)cc3Cl)c2[O-])c1.[Na+]. The summed E-state index contributed by atoms with van der Waals surface area (Å²) in [5, 5.41) is 25.4. The number of aryl methyl sites for hydroxylation is 1. The summed E-state index contributed by atoms with van der Waals surface area (Å²) in [6, 6.07) is 15.1. The first kappa shape index (κ1) is 29.9. The Bertz CT molecular complexity index is 1670. The van der Waals surface area contributed by atoms with E-state index in [9.17, 15) is 22.9 Å². The molecular weight excluding hydrogens is 564 g/mol. The van der Waals surface area contributed by atoms with Crippen molar-refractivity contribution < 1.29 is 57.2 Å². The number of hydrogen-bond acceptors (Lipinski definition) is 7. The number of carbonyl (C=O) groups is 1. The zero-order valence-corrected chi connectivity index (χ0v) is 24.6. The number of benzene rings is 4. The summed E-state index contributed by atoms with van der Waals surface area (Å²) in [7, 11) is -3.03. The molecule has 0 heterocycles. The van der Waals surface area contributed by atoms with Gasteiger partial charge in [-0.1, -0.05) is 53.2 Å². The van der Waals surface area contributed by atoms with E-state index in [0.29, 0.717) is 32.8 Å². The molecule has 0 atom stereocenters. The molecule has 0 aliphatic carbocycles. The van der Waals surface area contributed by atoms with E-state index in [1.807, 2.05) is 0 Å². The van der Waals surface area contributed by atoms with Crippen LogP contribution in [0.2, 0.25) is 10.0 Å². The first-order chi connectivity index (χ1) is 17.5. The van der Waals surface area contributed by atoms with Crippen molar-refractivity contribution in [2.24, 2.45) is 10.2 Å². The largest absolute Gasteiger partial charge is 1.00 e. The van der Waals surface area contributed by atoms with E-state index in [4.69, 9.17) is 27.9 Å². The predicted octanol–water partition coefficient (Wildman–Crippen LogP) is 3.46. The second kappa shape index (κ2) is 12.0. The van der Waals surface area contributed by atoms with Crippen molar-refractivity contribution in [1.82, 2.24) is 0 Å². The first-order valence-electron chi connectivity index (χ1n) is 10.6. The molecule has 13 heteroatoms. The maximum atomic E-state index is 13.4. The average Bonchev–Trinajstić information content (AvgIpc) is 2.83. The Hall–Kier alpha value is -2.70. The van der Waals surface area contributed by atoms with Crippen LogP contribution in [0, 0.1) is 6.92 Å². The number of fused-ring (bicyclic) bond motifs is 1. The Labute approximate surface area is 250 Å². The second-order valence-corrected chi connectivity index (χ2v) is 10.2. The van der Waals surface area contributed by atoms with E-state index in [-0.39, 0.29) is 51.5 Å². The van der Waals surface area contributed by atoms with Gasteiger partial charge in [-0.2, -0.15) is 13.5 Å². The van der Waals surface area contributed by atoms with Crippen LogP contribution >= 0.6 is 23.2 Å². The molecule has 0 unspecified atom stereocenters. The number of rotatable bonds is 6. The van der Waals surface area contributed by atoms with Crippen molar-refractivity contribution in [3.8, 4) is 11.5 Å². The Morgan fingerprint density at radius 2 is 1.71 bits per heavy atom. The Balaban J connectivity index is 0.00000400. The topological polar surface area (TPSA) is 140 Å². The minimum absolute atomic E-state index is 0. The van der Waals surface area contributed by atoms with Crippen LogP contribution < -0.4 is 44.7 Å². The number of hydrogen-bond donors (Lipinski definition) is 2. The smallest absolute Gasteiger partial charge is 0.870 e. The van der Waals surface area contributed by atoms with Crippen molar-refractivity contribution in [3.63, 3.8) is 0 Å². The summed E-state index contributed by atoms with van der Waals surface area (Å²) >= 11 is 12.3. The molecule has 2 N–H and O–H groups in total. The minimum atomic E-state index is -4.48. The first-order valence-corrected chi connectivity index (χ1v) is 12.8. The molecular formula is C25H18Cl2N3NaO6S. The molecule has 4 aromatic rings. The van der Waals surface area contributed by atoms with Gasteiger partial charge in [0.1, 0.15) is 11.4 Å². The Morgan fingerprint density at radius 3 is 2.37 bits per heavy atom. The fourth-order valence-corrected chi connectivity index (χ4v) is 4.80. The zero-order valence-electron chi connectivity index (χ0n) is 20.3. The van der Waals surface area contributed by atoms with E-state index < -0.39 is 26.7 Å². The third kappa shape index (κ3) is 6.47. The fraction of sp³-hybridized carbons (Fsp3) is 0.0800. The number of ether oxygens (including phenoxy) is 1. The molecule has 190 valence electrons. The van der Waals surface area contributed by atoms with Gasteiger partial charge in [0.25, 0.3) is 16.0 Å². The third-order valence-electron chi connectivity index (χ3n) is 5.36. The fourth-order valence-electron chi connectivity index (χ4n) is 3.61. The molecule has 9 nitrogen and oxygen atoms in total. The number of azo groups is 1. The molecule has 38 heavy (non-hydrogen) atoms. The van der Waals surface area contributed by atoms with E-state index in [1.54, 1.807) is 36.4 Å². The summed E-state index contributed by atoms with van der Waals surface area (Å²) in [5.74, 6) is -0.953. The molecule has 0 aliphatic heterocycles. The van der Waals surface area contributed by atoms with Crippen LogP contribution in [0.25, 0.3) is 10.8 Å². The van der Waals surface area contributed by atoms with Crippen LogP contribution in [0.3, 0.4) is 0 Å². The van der Waals surface area contributed by atoms with E-state index in [0.717, 1.165) is 6.07 Å². The zero-order chi connectivity index (χ0) is 26.9. The van der Waals surface area contributed by atoms with Gasteiger partial charge >= 0.3 is 29.6 Å². The van der Waals surface area contributed by atoms with Crippen molar-refractivity contribution in [1.29, 1.82) is 0 Å². The monoisotopic (exact) mass is 581 g/mol. The summed E-state index contributed by atoms with van der Waals surface area (Å²) in [6.07, 6.45) is 0. The van der Waals surface area contributed by atoms with E-state index >= 15 is 0 Å². The van der Waals surface area contributed by atoms with Gasteiger partial charge in [0, 0.05) is 27.7 Å². The second-order valence-electron chi connectivity index (χ2n) is 7.90. The number of methoxy groups -OCH3 is 1. The summed E-state index contributed by atoms with van der Waals surface area (Å²) in [5.41, 5.74) is 0.423. The van der Waals surface area contributed by atoms with Crippen LogP contribution in [-0.4, -0.2) is 26.0 Å². The van der Waals surface area contributed by atoms with Crippen LogP contribution in [0.4, 0.5) is 17.1 Å². The molecule has 0 fully saturated rings. The van der Waals surface area contributed by atoms with Gasteiger partial charge in [-0.3, -0.25) is 9.35 Å². The summed E-state index contributed by atoms with van der Waals surface area (Å²) < 4.78 is 37.4. The van der Waals surface area contributed by atoms with Gasteiger partial charge in [-0.05, 0) is 48.2 Å². The van der Waals surface area contributed by atoms with Crippen molar-refractivity contribution in [2.75, 3.05) is 12.4 Å². The number of nitrogens with one attached hydrogen (secondary N) is 1. The van der Waals surface area contributed by atoms with Gasteiger partial charge in [-0.15, -0.1) is 5.11 Å². The molecule has 0 spiro atoms. The van der Waals surface area contributed by atoms with E-state index in [1.165, 1.54) is 32.2 Å². The van der Waals surface area contributed by atoms with Crippen molar-refractivity contribution >= 4 is 67.1 Å². The average molecular weight is 582 g/mol. The number of halogens is 2. The van der Waals surface area contributed by atoms with Gasteiger partial charge < -0.3 is 15.2 Å². The number of amides is 1. The minimum Gasteiger partial charge on any atom is -0.870 e. The van der Waals surface area contributed by atoms with Crippen LogP contribution in [0.1, 0.15) is 15.9 Å². The Kier molecular flexibility index (Phi) is 9.43. The van der Waals surface area contributed by atoms with Gasteiger partial charge in [0.2, 0.25) is 0 Å². The maximum Gasteiger partial charge on any atom is 1.00 e. The molecule has 0 aliphatic rings. The van der Waals surface area contributed by atoms with Crippen molar-refractivity contribution in [2.45, 2.75) is 11.8 Å². The molecule has 0 bridgehead atoms. The normalized spacial score (nSPS) is 11.4. The van der Waals surface area contributed by atoms with Gasteiger partial charge in [0.05, 0.1) is 22.7 Å². The Morgan fingerprint density at radius 1 is 1.03 bits per heavy atom. The van der Waals surface area contributed by atoms with Gasteiger partial charge in [-0.25, -0.2) is 0 Å². The molecule has 4 rings (SSSR count). The maximum absolute atomic E-state index is 13.4. The van der Waals surface area contributed by atoms with Crippen LogP contribution in [0.15, 0.2) is 75.8 Å². The van der Waals surface area contributed by atoms with Crippen LogP contribution in [0.5, 0.6) is 11.5 Å². The number of carbonyl (C=O) groups excluding carboxylic acids is 1. The predicted molar refractivity (Wildman–Crippen MR) is 140 cm³/mol. The molecule has 0 saturated heterocycles. The quantitative estimate of drug-likeness (QED) is 0.203.